The predicted molar refractivity (Wildman–Crippen MR) is 110 cm³/mol. The van der Waals surface area contributed by atoms with Crippen LogP contribution in [0.25, 0.3) is 0 Å². The first-order valence-corrected chi connectivity index (χ1v) is 9.31. The molecule has 0 saturated carbocycles. The minimum atomic E-state index is -0.448. The predicted octanol–water partition coefficient (Wildman–Crippen LogP) is 5.05. The summed E-state index contributed by atoms with van der Waals surface area (Å²) in [5.74, 6) is 0.281. The smallest absolute Gasteiger partial charge is 0.343 e. The summed E-state index contributed by atoms with van der Waals surface area (Å²) in [6.45, 7) is 12.0. The monoisotopic (exact) mass is 384 g/mol. The van der Waals surface area contributed by atoms with E-state index in [1.54, 1.807) is 30.3 Å². The quantitative estimate of drug-likeness (QED) is 0.276. The number of carbonyl (C=O) groups is 2. The largest absolute Gasteiger partial charge is 0.493 e. The third-order valence-corrected chi connectivity index (χ3v) is 3.75. The molecule has 0 saturated heterocycles. The van der Waals surface area contributed by atoms with Gasteiger partial charge in [-0.25, -0.2) is 9.59 Å². The molecule has 0 N–H and O–H groups in total. The molecule has 0 heterocycles. The lowest BCUT2D eigenvalue weighted by Gasteiger charge is -2.08. The molecule has 5 nitrogen and oxygen atoms in total. The van der Waals surface area contributed by atoms with Gasteiger partial charge in [0, 0.05) is 12.5 Å². The highest BCUT2D eigenvalue weighted by Crippen LogP contribution is 2.19. The Morgan fingerprint density at radius 3 is 2.18 bits per heavy atom. The summed E-state index contributed by atoms with van der Waals surface area (Å²) in [4.78, 5) is 23.1. The van der Waals surface area contributed by atoms with E-state index in [0.717, 1.165) is 17.2 Å². The molecule has 0 unspecified atom stereocenters. The second-order valence-corrected chi connectivity index (χ2v) is 5.73. The first-order valence-electron chi connectivity index (χ1n) is 9.31. The first-order chi connectivity index (χ1) is 13.5. The number of hydrogen-bond acceptors (Lipinski definition) is 5. The van der Waals surface area contributed by atoms with Crippen LogP contribution in [-0.4, -0.2) is 25.2 Å². The molecule has 150 valence electrons. The van der Waals surface area contributed by atoms with Crippen molar-refractivity contribution in [2.24, 2.45) is 0 Å². The van der Waals surface area contributed by atoms with Crippen molar-refractivity contribution < 1.29 is 23.8 Å². The third kappa shape index (κ3) is 7.66. The van der Waals surface area contributed by atoms with Gasteiger partial charge in [-0.3, -0.25) is 0 Å². The Kier molecular flexibility index (Phi) is 10.1. The standard InChI is InChI=1S/C21H22O5.C2H6/c1-4-20(22)25-13-5-12-24-18-10-7-17(8-11-18)21(23)26-19-9-6-15(2)16(3)14-19;1-2/h4,6-11,14H,1,5,12-13H2,2-3H3;1-2H3. The summed E-state index contributed by atoms with van der Waals surface area (Å²) in [5.41, 5.74) is 2.65. The van der Waals surface area contributed by atoms with Crippen LogP contribution >= 0.6 is 0 Å². The minimum Gasteiger partial charge on any atom is -0.493 e. The molecule has 0 aromatic heterocycles. The van der Waals surface area contributed by atoms with E-state index in [4.69, 9.17) is 14.2 Å². The molecule has 0 amide bonds. The summed E-state index contributed by atoms with van der Waals surface area (Å²) in [6.07, 6.45) is 1.69. The van der Waals surface area contributed by atoms with Gasteiger partial charge in [0.1, 0.15) is 11.5 Å². The van der Waals surface area contributed by atoms with Gasteiger partial charge >= 0.3 is 11.9 Å². The highest BCUT2D eigenvalue weighted by molar-refractivity contribution is 5.91. The van der Waals surface area contributed by atoms with Gasteiger partial charge in [0.25, 0.3) is 0 Å². The van der Waals surface area contributed by atoms with E-state index in [-0.39, 0.29) is 6.61 Å². The van der Waals surface area contributed by atoms with Crippen molar-refractivity contribution in [1.29, 1.82) is 0 Å². The van der Waals surface area contributed by atoms with Gasteiger partial charge in [-0.1, -0.05) is 26.5 Å². The molecule has 0 aliphatic heterocycles. The average molecular weight is 384 g/mol. The van der Waals surface area contributed by atoms with Gasteiger partial charge in [0.15, 0.2) is 0 Å². The maximum Gasteiger partial charge on any atom is 0.343 e. The van der Waals surface area contributed by atoms with Crippen molar-refractivity contribution in [3.8, 4) is 11.5 Å². The molecule has 0 aliphatic carbocycles. The number of ether oxygens (including phenoxy) is 3. The molecule has 2 aromatic carbocycles. The molecular weight excluding hydrogens is 356 g/mol. The fraction of sp³-hybridized carbons (Fsp3) is 0.304. The fourth-order valence-corrected chi connectivity index (χ4v) is 2.11. The third-order valence-electron chi connectivity index (χ3n) is 3.75. The Morgan fingerprint density at radius 2 is 1.57 bits per heavy atom. The molecular formula is C23H28O5. The van der Waals surface area contributed by atoms with E-state index in [9.17, 15) is 9.59 Å². The van der Waals surface area contributed by atoms with Crippen molar-refractivity contribution in [3.63, 3.8) is 0 Å². The van der Waals surface area contributed by atoms with Crippen LogP contribution in [0.1, 0.15) is 41.8 Å². The van der Waals surface area contributed by atoms with Gasteiger partial charge in [-0.15, -0.1) is 0 Å². The van der Waals surface area contributed by atoms with Crippen LogP contribution in [0.4, 0.5) is 0 Å². The number of aryl methyl sites for hydroxylation is 2. The number of esters is 2. The second-order valence-electron chi connectivity index (χ2n) is 5.73. The summed E-state index contributed by atoms with van der Waals surface area (Å²) < 4.78 is 15.8. The topological polar surface area (TPSA) is 61.8 Å². The van der Waals surface area contributed by atoms with E-state index in [1.165, 1.54) is 0 Å². The van der Waals surface area contributed by atoms with E-state index in [1.807, 2.05) is 39.8 Å². The van der Waals surface area contributed by atoms with E-state index in [2.05, 4.69) is 6.58 Å². The molecule has 5 heteroatoms. The maximum atomic E-state index is 12.2. The molecule has 0 fully saturated rings. The number of benzene rings is 2. The Labute approximate surface area is 166 Å². The van der Waals surface area contributed by atoms with Crippen molar-refractivity contribution in [1.82, 2.24) is 0 Å². The van der Waals surface area contributed by atoms with Crippen LogP contribution in [0.2, 0.25) is 0 Å². The first kappa shape index (κ1) is 23.0. The van der Waals surface area contributed by atoms with Gasteiger partial charge in [0.2, 0.25) is 0 Å². The number of hydrogen-bond donors (Lipinski definition) is 0. The second kappa shape index (κ2) is 12.3. The Balaban J connectivity index is 0.00000190. The van der Waals surface area contributed by atoms with Crippen molar-refractivity contribution in [2.45, 2.75) is 34.1 Å². The summed E-state index contributed by atoms with van der Waals surface area (Å²) in [5, 5.41) is 0. The normalized spacial score (nSPS) is 9.57. The SMILES string of the molecule is C=CC(=O)OCCCOc1ccc(C(=O)Oc2ccc(C)c(C)c2)cc1.CC. The number of carbonyl (C=O) groups excluding carboxylic acids is 2. The highest BCUT2D eigenvalue weighted by Gasteiger charge is 2.09. The Hall–Kier alpha value is -3.08. The van der Waals surface area contributed by atoms with Gasteiger partial charge < -0.3 is 14.2 Å². The lowest BCUT2D eigenvalue weighted by atomic mass is 10.1. The van der Waals surface area contributed by atoms with Crippen molar-refractivity contribution in [3.05, 3.63) is 71.8 Å². The van der Waals surface area contributed by atoms with E-state index in [0.29, 0.717) is 30.1 Å². The molecule has 28 heavy (non-hydrogen) atoms. The summed E-state index contributed by atoms with van der Waals surface area (Å²) >= 11 is 0. The van der Waals surface area contributed by atoms with Crippen LogP contribution in [0.3, 0.4) is 0 Å². The highest BCUT2D eigenvalue weighted by atomic mass is 16.5. The summed E-state index contributed by atoms with van der Waals surface area (Å²) in [6, 6.07) is 12.2. The molecule has 0 radical (unpaired) electrons. The van der Waals surface area contributed by atoms with E-state index < -0.39 is 11.9 Å². The van der Waals surface area contributed by atoms with Crippen molar-refractivity contribution >= 4 is 11.9 Å². The molecule has 0 atom stereocenters. The average Bonchev–Trinajstić information content (AvgIpc) is 2.72. The van der Waals surface area contributed by atoms with Crippen LogP contribution in [0, 0.1) is 13.8 Å². The molecule has 0 bridgehead atoms. The zero-order valence-corrected chi connectivity index (χ0v) is 17.0. The zero-order chi connectivity index (χ0) is 20.9. The molecule has 2 aromatic rings. The lowest BCUT2D eigenvalue weighted by molar-refractivity contribution is -0.137. The maximum absolute atomic E-state index is 12.2. The van der Waals surface area contributed by atoms with Crippen LogP contribution in [0.15, 0.2) is 55.1 Å². The van der Waals surface area contributed by atoms with E-state index >= 15 is 0 Å². The van der Waals surface area contributed by atoms with Crippen molar-refractivity contribution in [2.75, 3.05) is 13.2 Å². The molecule has 2 rings (SSSR count). The molecule has 0 spiro atoms. The Bertz CT molecular complexity index is 778. The lowest BCUT2D eigenvalue weighted by Crippen LogP contribution is -2.09. The van der Waals surface area contributed by atoms with Gasteiger partial charge in [-0.05, 0) is 61.4 Å². The van der Waals surface area contributed by atoms with Crippen LogP contribution in [-0.2, 0) is 9.53 Å². The van der Waals surface area contributed by atoms with Crippen LogP contribution in [0.5, 0.6) is 11.5 Å². The minimum absolute atomic E-state index is 0.269. The van der Waals surface area contributed by atoms with Gasteiger partial charge in [0.05, 0.1) is 18.8 Å². The summed E-state index contributed by atoms with van der Waals surface area (Å²) in [7, 11) is 0. The van der Waals surface area contributed by atoms with Crippen LogP contribution < -0.4 is 9.47 Å². The number of rotatable bonds is 8. The van der Waals surface area contributed by atoms with Gasteiger partial charge in [-0.2, -0.15) is 0 Å². The molecule has 0 aliphatic rings. The zero-order valence-electron chi connectivity index (χ0n) is 17.0. The fourth-order valence-electron chi connectivity index (χ4n) is 2.11. The Morgan fingerprint density at radius 1 is 0.929 bits per heavy atom.